The topological polar surface area (TPSA) is 58.6 Å². The third-order valence-corrected chi connectivity index (χ3v) is 4.74. The Labute approximate surface area is 139 Å². The Morgan fingerprint density at radius 3 is 2.86 bits per heavy atom. The SMILES string of the molecule is CC.Cc1ccnc(Cl)c1CSc1nc2c(c(=O)[nH]1)CCC2. The molecule has 0 saturated heterocycles. The van der Waals surface area contributed by atoms with Crippen LogP contribution in [0.1, 0.15) is 42.7 Å². The number of pyridine rings is 1. The second-order valence-electron chi connectivity index (χ2n) is 4.84. The van der Waals surface area contributed by atoms with Gasteiger partial charge in [-0.3, -0.25) is 4.79 Å². The van der Waals surface area contributed by atoms with Crippen LogP contribution in [-0.2, 0) is 18.6 Å². The third kappa shape index (κ3) is 3.70. The molecule has 1 N–H and O–H groups in total. The second kappa shape index (κ2) is 7.79. The van der Waals surface area contributed by atoms with Crippen molar-refractivity contribution in [2.75, 3.05) is 0 Å². The first kappa shape index (κ1) is 17.0. The van der Waals surface area contributed by atoms with Crippen molar-refractivity contribution in [3.63, 3.8) is 0 Å². The number of H-pyrrole nitrogens is 1. The first-order valence-electron chi connectivity index (χ1n) is 7.50. The van der Waals surface area contributed by atoms with Crippen molar-refractivity contribution < 1.29 is 0 Å². The van der Waals surface area contributed by atoms with Crippen LogP contribution in [-0.4, -0.2) is 15.0 Å². The highest BCUT2D eigenvalue weighted by atomic mass is 35.5. The molecule has 0 saturated carbocycles. The highest BCUT2D eigenvalue weighted by molar-refractivity contribution is 7.98. The van der Waals surface area contributed by atoms with E-state index in [1.54, 1.807) is 6.20 Å². The number of nitrogens with zero attached hydrogens (tertiary/aromatic N) is 2. The van der Waals surface area contributed by atoms with Crippen LogP contribution in [0.4, 0.5) is 0 Å². The van der Waals surface area contributed by atoms with E-state index in [1.807, 2.05) is 26.8 Å². The van der Waals surface area contributed by atoms with Crippen LogP contribution in [0.3, 0.4) is 0 Å². The van der Waals surface area contributed by atoms with Crippen LogP contribution in [0.25, 0.3) is 0 Å². The lowest BCUT2D eigenvalue weighted by molar-refractivity contribution is 0.869. The molecule has 4 nitrogen and oxygen atoms in total. The van der Waals surface area contributed by atoms with Crippen molar-refractivity contribution >= 4 is 23.4 Å². The van der Waals surface area contributed by atoms with E-state index in [0.29, 0.717) is 16.1 Å². The van der Waals surface area contributed by atoms with Crippen LogP contribution < -0.4 is 5.56 Å². The first-order chi connectivity index (χ1) is 10.6. The summed E-state index contributed by atoms with van der Waals surface area (Å²) in [6.45, 7) is 6.00. The molecule has 2 aromatic rings. The molecule has 1 aliphatic rings. The molecule has 0 atom stereocenters. The van der Waals surface area contributed by atoms with Gasteiger partial charge in [0.05, 0.1) is 5.69 Å². The molecule has 0 fully saturated rings. The number of hydrogen-bond donors (Lipinski definition) is 1. The summed E-state index contributed by atoms with van der Waals surface area (Å²) in [7, 11) is 0. The Morgan fingerprint density at radius 1 is 1.36 bits per heavy atom. The van der Waals surface area contributed by atoms with E-state index in [0.717, 1.165) is 41.6 Å². The number of rotatable bonds is 3. The Balaban J connectivity index is 0.000000847. The number of hydrogen-bond acceptors (Lipinski definition) is 4. The van der Waals surface area contributed by atoms with Crippen molar-refractivity contribution in [1.82, 2.24) is 15.0 Å². The smallest absolute Gasteiger partial charge is 0.254 e. The van der Waals surface area contributed by atoms with Crippen molar-refractivity contribution in [3.8, 4) is 0 Å². The maximum atomic E-state index is 11.9. The summed E-state index contributed by atoms with van der Waals surface area (Å²) in [6.07, 6.45) is 4.46. The van der Waals surface area contributed by atoms with Crippen LogP contribution in [0.2, 0.25) is 5.15 Å². The normalized spacial score (nSPS) is 12.5. The van der Waals surface area contributed by atoms with Gasteiger partial charge < -0.3 is 4.98 Å². The van der Waals surface area contributed by atoms with Crippen molar-refractivity contribution in [3.05, 3.63) is 50.2 Å². The number of fused-ring (bicyclic) bond motifs is 1. The number of aryl methyl sites for hydroxylation is 2. The minimum atomic E-state index is 0.00371. The molecule has 0 aliphatic heterocycles. The number of thioether (sulfide) groups is 1. The highest BCUT2D eigenvalue weighted by Crippen LogP contribution is 2.26. The Bertz CT molecular complexity index is 695. The molecule has 0 spiro atoms. The summed E-state index contributed by atoms with van der Waals surface area (Å²) in [5, 5.41) is 1.18. The molecule has 6 heteroatoms. The molecule has 0 aromatic carbocycles. The predicted octanol–water partition coefficient (Wildman–Crippen LogP) is 3.93. The molecule has 118 valence electrons. The van der Waals surface area contributed by atoms with E-state index in [4.69, 9.17) is 11.6 Å². The second-order valence-corrected chi connectivity index (χ2v) is 6.16. The largest absolute Gasteiger partial charge is 0.301 e. The highest BCUT2D eigenvalue weighted by Gasteiger charge is 2.17. The number of aromatic nitrogens is 3. The summed E-state index contributed by atoms with van der Waals surface area (Å²) in [5.74, 6) is 0.653. The first-order valence-corrected chi connectivity index (χ1v) is 8.86. The molecule has 0 unspecified atom stereocenters. The van der Waals surface area contributed by atoms with Gasteiger partial charge >= 0.3 is 0 Å². The predicted molar refractivity (Wildman–Crippen MR) is 91.8 cm³/mol. The Morgan fingerprint density at radius 2 is 2.14 bits per heavy atom. The van der Waals surface area contributed by atoms with Gasteiger partial charge in [0.15, 0.2) is 5.16 Å². The quantitative estimate of drug-likeness (QED) is 0.523. The Kier molecular flexibility index (Phi) is 6.03. The van der Waals surface area contributed by atoms with Gasteiger partial charge in [-0.1, -0.05) is 37.2 Å². The lowest BCUT2D eigenvalue weighted by Gasteiger charge is -2.07. The summed E-state index contributed by atoms with van der Waals surface area (Å²) < 4.78 is 0. The van der Waals surface area contributed by atoms with Crippen molar-refractivity contribution in [2.45, 2.75) is 50.9 Å². The van der Waals surface area contributed by atoms with Gasteiger partial charge in [-0.25, -0.2) is 9.97 Å². The van der Waals surface area contributed by atoms with E-state index >= 15 is 0 Å². The van der Waals surface area contributed by atoms with E-state index in [9.17, 15) is 4.79 Å². The standard InChI is InChI=1S/C14H14ClN3OS.C2H6/c1-8-5-6-16-12(15)10(8)7-20-14-17-11-4-2-3-9(11)13(19)18-14;1-2/h5-6H,2-4,7H2,1H3,(H,17,18,19);1-2H3. The summed E-state index contributed by atoms with van der Waals surface area (Å²) in [6, 6.07) is 1.93. The minimum absolute atomic E-state index is 0.00371. The lowest BCUT2D eigenvalue weighted by Crippen LogP contribution is -2.14. The fourth-order valence-corrected chi connectivity index (χ4v) is 3.69. The fourth-order valence-electron chi connectivity index (χ4n) is 2.36. The summed E-state index contributed by atoms with van der Waals surface area (Å²) in [4.78, 5) is 23.4. The molecular weight excluding hydrogens is 318 g/mol. The molecule has 22 heavy (non-hydrogen) atoms. The maximum absolute atomic E-state index is 11.9. The summed E-state index contributed by atoms with van der Waals surface area (Å²) in [5.41, 5.74) is 3.89. The zero-order valence-electron chi connectivity index (χ0n) is 13.1. The summed E-state index contributed by atoms with van der Waals surface area (Å²) >= 11 is 7.59. The zero-order valence-corrected chi connectivity index (χ0v) is 14.6. The molecule has 0 amide bonds. The van der Waals surface area contributed by atoms with Gasteiger partial charge in [0.25, 0.3) is 5.56 Å². The van der Waals surface area contributed by atoms with Crippen LogP contribution in [0.15, 0.2) is 22.2 Å². The minimum Gasteiger partial charge on any atom is -0.301 e. The maximum Gasteiger partial charge on any atom is 0.254 e. The number of halogens is 1. The lowest BCUT2D eigenvalue weighted by atomic mass is 10.2. The Hall–Kier alpha value is -1.33. The van der Waals surface area contributed by atoms with E-state index in [-0.39, 0.29) is 5.56 Å². The molecule has 0 bridgehead atoms. The van der Waals surface area contributed by atoms with Crippen LogP contribution in [0, 0.1) is 6.92 Å². The van der Waals surface area contributed by atoms with Gasteiger partial charge in [0.1, 0.15) is 5.15 Å². The molecule has 2 heterocycles. The van der Waals surface area contributed by atoms with Gasteiger partial charge in [-0.15, -0.1) is 0 Å². The molecule has 0 radical (unpaired) electrons. The van der Waals surface area contributed by atoms with Crippen molar-refractivity contribution in [1.29, 1.82) is 0 Å². The monoisotopic (exact) mass is 337 g/mol. The third-order valence-electron chi connectivity index (χ3n) is 3.51. The average Bonchev–Trinajstić information content (AvgIpc) is 2.98. The van der Waals surface area contributed by atoms with Gasteiger partial charge in [-0.05, 0) is 37.8 Å². The molecule has 2 aromatic heterocycles. The van der Waals surface area contributed by atoms with Gasteiger partial charge in [0.2, 0.25) is 0 Å². The van der Waals surface area contributed by atoms with E-state index < -0.39 is 0 Å². The van der Waals surface area contributed by atoms with Gasteiger partial charge in [0, 0.05) is 23.1 Å². The zero-order chi connectivity index (χ0) is 16.1. The fraction of sp³-hybridized carbons (Fsp3) is 0.438. The molecule has 3 rings (SSSR count). The average molecular weight is 338 g/mol. The number of nitrogens with one attached hydrogen (secondary N) is 1. The van der Waals surface area contributed by atoms with E-state index in [1.165, 1.54) is 11.8 Å². The number of aromatic amines is 1. The van der Waals surface area contributed by atoms with Crippen LogP contribution in [0.5, 0.6) is 0 Å². The van der Waals surface area contributed by atoms with Crippen LogP contribution >= 0.6 is 23.4 Å². The van der Waals surface area contributed by atoms with Crippen molar-refractivity contribution in [2.24, 2.45) is 0 Å². The van der Waals surface area contributed by atoms with Gasteiger partial charge in [-0.2, -0.15) is 0 Å². The molecule has 1 aliphatic carbocycles. The van der Waals surface area contributed by atoms with E-state index in [2.05, 4.69) is 15.0 Å². The molecular formula is C16H20ClN3OS.